The van der Waals surface area contributed by atoms with E-state index in [2.05, 4.69) is 15.6 Å². The van der Waals surface area contributed by atoms with Gasteiger partial charge in [-0.2, -0.15) is 0 Å². The largest absolute Gasteiger partial charge is 0.478 e. The van der Waals surface area contributed by atoms with Crippen LogP contribution < -0.4 is 10.6 Å². The molecule has 3 N–H and O–H groups in total. The minimum absolute atomic E-state index is 0.135. The number of anilines is 1. The van der Waals surface area contributed by atoms with Gasteiger partial charge in [-0.3, -0.25) is 9.78 Å². The molecule has 5 rings (SSSR count). The second-order valence-corrected chi connectivity index (χ2v) is 8.92. The van der Waals surface area contributed by atoms with Gasteiger partial charge in [0, 0.05) is 30.4 Å². The van der Waals surface area contributed by atoms with Crippen LogP contribution in [0.15, 0.2) is 95.5 Å². The van der Waals surface area contributed by atoms with E-state index < -0.39 is 12.0 Å². The van der Waals surface area contributed by atoms with Crippen molar-refractivity contribution in [2.45, 2.75) is 18.5 Å². The van der Waals surface area contributed by atoms with Crippen molar-refractivity contribution in [1.82, 2.24) is 15.2 Å². The van der Waals surface area contributed by atoms with Crippen LogP contribution in [0.3, 0.4) is 0 Å². The van der Waals surface area contributed by atoms with E-state index in [9.17, 15) is 14.7 Å². The first-order chi connectivity index (χ1) is 18.0. The molecule has 37 heavy (non-hydrogen) atoms. The van der Waals surface area contributed by atoms with Gasteiger partial charge in [0.05, 0.1) is 17.3 Å². The number of hydrogen-bond acceptors (Lipinski definition) is 5. The second-order valence-electron chi connectivity index (χ2n) is 8.54. The number of nitrogens with one attached hydrogen (secondary N) is 2. The molecule has 4 aromatic rings. The number of carboxylic acids is 1. The van der Waals surface area contributed by atoms with Gasteiger partial charge in [0.2, 0.25) is 5.91 Å². The Morgan fingerprint density at radius 2 is 1.76 bits per heavy atom. The fraction of sp³-hybridized carbons (Fsp3) is 0.143. The van der Waals surface area contributed by atoms with Gasteiger partial charge >= 0.3 is 5.97 Å². The smallest absolute Gasteiger partial charge is 0.336 e. The summed E-state index contributed by atoms with van der Waals surface area (Å²) in [7, 11) is 0. The summed E-state index contributed by atoms with van der Waals surface area (Å²) in [6, 6.07) is 24.5. The molecule has 1 amide bonds. The molecular weight excluding hydrogens is 488 g/mol. The number of carbonyl (C=O) groups excluding carboxylic acids is 1. The highest BCUT2D eigenvalue weighted by molar-refractivity contribution is 7.80. The van der Waals surface area contributed by atoms with Crippen LogP contribution in [0.2, 0.25) is 0 Å². The van der Waals surface area contributed by atoms with E-state index >= 15 is 0 Å². The van der Waals surface area contributed by atoms with E-state index in [1.807, 2.05) is 59.5 Å². The Morgan fingerprint density at radius 3 is 2.51 bits per heavy atom. The number of aromatic nitrogens is 1. The van der Waals surface area contributed by atoms with Gasteiger partial charge in [0.1, 0.15) is 17.6 Å². The third-order valence-corrected chi connectivity index (χ3v) is 6.53. The van der Waals surface area contributed by atoms with Crippen molar-refractivity contribution in [3.05, 3.63) is 108 Å². The lowest BCUT2D eigenvalue weighted by Crippen LogP contribution is -2.32. The molecule has 2 aromatic carbocycles. The number of hydrogen-bond donors (Lipinski definition) is 3. The second kappa shape index (κ2) is 10.6. The quantitative estimate of drug-likeness (QED) is 0.282. The van der Waals surface area contributed by atoms with Crippen molar-refractivity contribution in [1.29, 1.82) is 0 Å². The summed E-state index contributed by atoms with van der Waals surface area (Å²) in [6.07, 6.45) is 1.92. The average molecular weight is 513 g/mol. The molecule has 2 unspecified atom stereocenters. The summed E-state index contributed by atoms with van der Waals surface area (Å²) in [5.74, 6) is -0.145. The molecule has 2 aromatic heterocycles. The first-order valence-electron chi connectivity index (χ1n) is 11.8. The van der Waals surface area contributed by atoms with Crippen LogP contribution in [0.4, 0.5) is 5.69 Å². The summed E-state index contributed by atoms with van der Waals surface area (Å²) < 4.78 is 6.24. The Labute approximate surface area is 219 Å². The Kier molecular flexibility index (Phi) is 6.96. The number of pyridine rings is 1. The molecule has 3 heterocycles. The van der Waals surface area contributed by atoms with Crippen molar-refractivity contribution in [2.75, 3.05) is 11.9 Å². The zero-order chi connectivity index (χ0) is 25.8. The number of benzene rings is 2. The Balaban J connectivity index is 1.43. The number of nitrogens with zero attached hydrogens (tertiary/aromatic N) is 2. The predicted molar refractivity (Wildman–Crippen MR) is 143 cm³/mol. The van der Waals surface area contributed by atoms with Crippen LogP contribution in [0.25, 0.3) is 11.3 Å². The van der Waals surface area contributed by atoms with Gasteiger partial charge < -0.3 is 25.1 Å². The molecule has 1 saturated heterocycles. The van der Waals surface area contributed by atoms with E-state index in [4.69, 9.17) is 16.6 Å². The standard InChI is InChI=1S/C28H24N4O4S/c33-24(30-18-8-2-1-3-9-18)15-17-32-26(25(31-28(32)37)21-12-6-7-16-29-21)23-14-13-22(36-23)19-10-4-5-11-20(19)27(34)35/h1-14,16,25-26H,15,17H2,(H,30,33)(H,31,37)(H,34,35). The van der Waals surface area contributed by atoms with Gasteiger partial charge in [-0.1, -0.05) is 42.5 Å². The van der Waals surface area contributed by atoms with E-state index in [1.54, 1.807) is 36.5 Å². The number of amides is 1. The van der Waals surface area contributed by atoms with Gasteiger partial charge in [-0.15, -0.1) is 0 Å². The zero-order valence-corrected chi connectivity index (χ0v) is 20.5. The molecule has 1 aliphatic rings. The highest BCUT2D eigenvalue weighted by Gasteiger charge is 2.41. The van der Waals surface area contributed by atoms with Crippen molar-refractivity contribution < 1.29 is 19.1 Å². The van der Waals surface area contributed by atoms with Crippen molar-refractivity contribution >= 4 is 34.9 Å². The molecule has 0 spiro atoms. The number of thiocarbonyl (C=S) groups is 1. The zero-order valence-electron chi connectivity index (χ0n) is 19.7. The molecule has 0 aliphatic carbocycles. The molecule has 9 heteroatoms. The Bertz CT molecular complexity index is 1420. The number of rotatable bonds is 8. The average Bonchev–Trinajstić information content (AvgIpc) is 3.53. The van der Waals surface area contributed by atoms with Crippen LogP contribution in [-0.4, -0.2) is 38.5 Å². The molecule has 0 saturated carbocycles. The van der Waals surface area contributed by atoms with Gasteiger partial charge in [0.25, 0.3) is 0 Å². The van der Waals surface area contributed by atoms with Gasteiger partial charge in [0.15, 0.2) is 5.11 Å². The fourth-order valence-electron chi connectivity index (χ4n) is 4.46. The number of aromatic carboxylic acids is 1. The summed E-state index contributed by atoms with van der Waals surface area (Å²) in [5.41, 5.74) is 2.14. The lowest BCUT2D eigenvalue weighted by atomic mass is 10.0. The number of carbonyl (C=O) groups is 2. The van der Waals surface area contributed by atoms with Crippen molar-refractivity contribution in [2.24, 2.45) is 0 Å². The molecule has 1 fully saturated rings. The number of furan rings is 1. The lowest BCUT2D eigenvalue weighted by Gasteiger charge is -2.25. The number of para-hydroxylation sites is 1. The van der Waals surface area contributed by atoms with Crippen LogP contribution in [0.5, 0.6) is 0 Å². The third kappa shape index (κ3) is 5.22. The number of carboxylic acid groups (broad SMARTS) is 1. The third-order valence-electron chi connectivity index (χ3n) is 6.18. The van der Waals surface area contributed by atoms with Gasteiger partial charge in [-0.25, -0.2) is 4.79 Å². The lowest BCUT2D eigenvalue weighted by molar-refractivity contribution is -0.116. The highest BCUT2D eigenvalue weighted by atomic mass is 32.1. The Hall–Kier alpha value is -4.50. The SMILES string of the molecule is O=C(CCN1C(=S)NC(c2ccccn2)C1c1ccc(-c2ccccc2C(=O)O)o1)Nc1ccccc1. The molecular formula is C28H24N4O4S. The molecule has 8 nitrogen and oxygen atoms in total. The maximum absolute atomic E-state index is 12.7. The highest BCUT2D eigenvalue weighted by Crippen LogP contribution is 2.40. The summed E-state index contributed by atoms with van der Waals surface area (Å²) >= 11 is 5.67. The summed E-state index contributed by atoms with van der Waals surface area (Å²) in [6.45, 7) is 0.347. The first kappa shape index (κ1) is 24.2. The minimum atomic E-state index is -1.03. The maximum atomic E-state index is 12.7. The van der Waals surface area contributed by atoms with Crippen molar-refractivity contribution in [3.8, 4) is 11.3 Å². The minimum Gasteiger partial charge on any atom is -0.478 e. The predicted octanol–water partition coefficient (Wildman–Crippen LogP) is 5.04. The monoisotopic (exact) mass is 512 g/mol. The molecule has 2 atom stereocenters. The van der Waals surface area contributed by atoms with E-state index in [0.29, 0.717) is 28.7 Å². The molecule has 1 aliphatic heterocycles. The van der Waals surface area contributed by atoms with Crippen molar-refractivity contribution in [3.63, 3.8) is 0 Å². The summed E-state index contributed by atoms with van der Waals surface area (Å²) in [5, 5.41) is 16.3. The topological polar surface area (TPSA) is 108 Å². The van der Waals surface area contributed by atoms with E-state index in [0.717, 1.165) is 11.4 Å². The van der Waals surface area contributed by atoms with Gasteiger partial charge in [-0.05, 0) is 54.7 Å². The molecule has 0 radical (unpaired) electrons. The van der Waals surface area contributed by atoms with E-state index in [1.165, 1.54) is 0 Å². The first-order valence-corrected chi connectivity index (χ1v) is 12.2. The van der Waals surface area contributed by atoms with Crippen LogP contribution in [0, 0.1) is 0 Å². The maximum Gasteiger partial charge on any atom is 0.336 e. The molecule has 186 valence electrons. The van der Waals surface area contributed by atoms with Crippen LogP contribution in [0.1, 0.15) is 40.3 Å². The normalized spacial score (nSPS) is 16.9. The van der Waals surface area contributed by atoms with Crippen LogP contribution >= 0.6 is 12.2 Å². The van der Waals surface area contributed by atoms with E-state index in [-0.39, 0.29) is 23.9 Å². The fourth-order valence-corrected chi connectivity index (χ4v) is 4.80. The van der Waals surface area contributed by atoms with Crippen LogP contribution in [-0.2, 0) is 4.79 Å². The Morgan fingerprint density at radius 1 is 1.00 bits per heavy atom. The molecule has 0 bridgehead atoms. The summed E-state index contributed by atoms with van der Waals surface area (Å²) in [4.78, 5) is 30.8.